The first-order chi connectivity index (χ1) is 5.93. The topological polar surface area (TPSA) is 59.9 Å². The van der Waals surface area contributed by atoms with Crippen molar-refractivity contribution in [1.29, 1.82) is 0 Å². The highest BCUT2D eigenvalue weighted by Crippen LogP contribution is 2.36. The third kappa shape index (κ3) is 1.14. The van der Waals surface area contributed by atoms with Gasteiger partial charge in [-0.25, -0.2) is 18.4 Å². The number of rotatable bonds is 0. The number of nitrogens with zero attached hydrogens (tertiary/aromatic N) is 2. The lowest BCUT2D eigenvalue weighted by Gasteiger charge is -2.14. The molecular weight excluding hydrogens is 188 g/mol. The van der Waals surface area contributed by atoms with Crippen molar-refractivity contribution in [1.82, 2.24) is 9.97 Å². The average Bonchev–Trinajstić information content (AvgIpc) is 2.20. The highest BCUT2D eigenvalue weighted by atomic mass is 32.2. The van der Waals surface area contributed by atoms with Crippen LogP contribution in [0.4, 0.5) is 0 Å². The summed E-state index contributed by atoms with van der Waals surface area (Å²) in [5.41, 5.74) is 0.263. The molecule has 2 rings (SSSR count). The normalized spacial score (nSPS) is 22.6. The van der Waals surface area contributed by atoms with Gasteiger partial charge in [-0.15, -0.1) is 0 Å². The van der Waals surface area contributed by atoms with Crippen molar-refractivity contribution in [3.8, 4) is 0 Å². The summed E-state index contributed by atoms with van der Waals surface area (Å²) in [6, 6.07) is 0. The van der Waals surface area contributed by atoms with E-state index in [9.17, 15) is 8.42 Å². The zero-order valence-electron chi connectivity index (χ0n) is 7.48. The second-order valence-corrected chi connectivity index (χ2v) is 5.84. The van der Waals surface area contributed by atoms with Gasteiger partial charge in [0.15, 0.2) is 9.84 Å². The zero-order valence-corrected chi connectivity index (χ0v) is 8.30. The van der Waals surface area contributed by atoms with Crippen LogP contribution in [0.25, 0.3) is 0 Å². The lowest BCUT2D eigenvalue weighted by molar-refractivity contribution is 0.561. The first-order valence-corrected chi connectivity index (χ1v) is 5.62. The molecule has 1 aromatic heterocycles. The van der Waals surface area contributed by atoms with Crippen LogP contribution in [0.1, 0.15) is 19.5 Å². The number of aromatic nitrogens is 2. The van der Waals surface area contributed by atoms with Crippen molar-refractivity contribution in [3.05, 3.63) is 18.2 Å². The van der Waals surface area contributed by atoms with E-state index in [0.717, 1.165) is 0 Å². The van der Waals surface area contributed by atoms with Crippen LogP contribution in [0.2, 0.25) is 0 Å². The summed E-state index contributed by atoms with van der Waals surface area (Å²) >= 11 is 0. The molecule has 0 saturated heterocycles. The molecule has 0 N–H and O–H groups in total. The molecule has 0 saturated carbocycles. The fraction of sp³-hybridized carbons (Fsp3) is 0.500. The Balaban J connectivity index is 2.79. The maximum atomic E-state index is 11.6. The van der Waals surface area contributed by atoms with Crippen molar-refractivity contribution in [2.45, 2.75) is 24.2 Å². The van der Waals surface area contributed by atoms with Crippen LogP contribution in [0.5, 0.6) is 0 Å². The standard InChI is InChI=1S/C8H10N2O2S/c1-8(2)4-13(11,12)6-3-9-5-10-7(6)8/h3,5H,4H2,1-2H3. The number of hydrogen-bond acceptors (Lipinski definition) is 4. The summed E-state index contributed by atoms with van der Waals surface area (Å²) in [5, 5.41) is 0. The zero-order chi connectivity index (χ0) is 9.69. The van der Waals surface area contributed by atoms with Crippen molar-refractivity contribution < 1.29 is 8.42 Å². The van der Waals surface area contributed by atoms with Crippen molar-refractivity contribution in [3.63, 3.8) is 0 Å². The van der Waals surface area contributed by atoms with Gasteiger partial charge >= 0.3 is 0 Å². The van der Waals surface area contributed by atoms with Crippen LogP contribution in [0.3, 0.4) is 0 Å². The lowest BCUT2D eigenvalue weighted by Crippen LogP contribution is -2.20. The fourth-order valence-corrected chi connectivity index (χ4v) is 3.76. The first-order valence-electron chi connectivity index (χ1n) is 3.97. The minimum Gasteiger partial charge on any atom is -0.243 e. The molecule has 1 aromatic rings. The van der Waals surface area contributed by atoms with E-state index in [1.807, 2.05) is 13.8 Å². The van der Waals surface area contributed by atoms with Crippen molar-refractivity contribution in [2.24, 2.45) is 0 Å². The molecule has 0 aliphatic carbocycles. The highest BCUT2D eigenvalue weighted by molar-refractivity contribution is 7.91. The van der Waals surface area contributed by atoms with Gasteiger partial charge in [-0.05, 0) is 0 Å². The minimum absolute atomic E-state index is 0.133. The van der Waals surface area contributed by atoms with Gasteiger partial charge in [0.2, 0.25) is 0 Å². The van der Waals surface area contributed by atoms with E-state index in [1.54, 1.807) is 0 Å². The predicted molar refractivity (Wildman–Crippen MR) is 47.1 cm³/mol. The van der Waals surface area contributed by atoms with Gasteiger partial charge in [0.25, 0.3) is 0 Å². The molecule has 70 valence electrons. The summed E-state index contributed by atoms with van der Waals surface area (Å²) in [5.74, 6) is 0.133. The molecule has 2 heterocycles. The van der Waals surface area contributed by atoms with Crippen LogP contribution in [0.15, 0.2) is 17.4 Å². The Morgan fingerprint density at radius 3 is 2.77 bits per heavy atom. The van der Waals surface area contributed by atoms with E-state index < -0.39 is 9.84 Å². The second kappa shape index (κ2) is 2.29. The smallest absolute Gasteiger partial charge is 0.182 e. The summed E-state index contributed by atoms with van der Waals surface area (Å²) in [6.07, 6.45) is 2.77. The van der Waals surface area contributed by atoms with Crippen LogP contribution >= 0.6 is 0 Å². The molecule has 4 nitrogen and oxygen atoms in total. The molecule has 0 unspecified atom stereocenters. The quantitative estimate of drug-likeness (QED) is 0.610. The van der Waals surface area contributed by atoms with E-state index in [4.69, 9.17) is 0 Å². The van der Waals surface area contributed by atoms with Crippen molar-refractivity contribution >= 4 is 9.84 Å². The van der Waals surface area contributed by atoms with E-state index in [0.29, 0.717) is 10.6 Å². The summed E-state index contributed by atoms with van der Waals surface area (Å²) < 4.78 is 23.2. The molecule has 0 aromatic carbocycles. The molecular formula is C8H10N2O2S. The second-order valence-electron chi connectivity index (χ2n) is 3.88. The lowest BCUT2D eigenvalue weighted by atomic mass is 9.92. The number of sulfone groups is 1. The van der Waals surface area contributed by atoms with Crippen LogP contribution < -0.4 is 0 Å². The van der Waals surface area contributed by atoms with Crippen LogP contribution in [-0.4, -0.2) is 24.1 Å². The maximum absolute atomic E-state index is 11.6. The average molecular weight is 198 g/mol. The summed E-state index contributed by atoms with van der Waals surface area (Å²) in [7, 11) is -3.14. The van der Waals surface area contributed by atoms with E-state index in [-0.39, 0.29) is 11.2 Å². The molecule has 0 bridgehead atoms. The van der Waals surface area contributed by atoms with E-state index in [2.05, 4.69) is 9.97 Å². The van der Waals surface area contributed by atoms with Gasteiger partial charge in [0.05, 0.1) is 11.4 Å². The highest BCUT2D eigenvalue weighted by Gasteiger charge is 2.41. The number of fused-ring (bicyclic) bond motifs is 1. The van der Waals surface area contributed by atoms with Crippen LogP contribution in [-0.2, 0) is 15.3 Å². The predicted octanol–water partition coefficient (Wildman–Crippen LogP) is 0.542. The van der Waals surface area contributed by atoms with E-state index >= 15 is 0 Å². The maximum Gasteiger partial charge on any atom is 0.182 e. The summed E-state index contributed by atoms with van der Waals surface area (Å²) in [4.78, 5) is 8.04. The number of hydrogen-bond donors (Lipinski definition) is 0. The Morgan fingerprint density at radius 1 is 1.46 bits per heavy atom. The monoisotopic (exact) mass is 198 g/mol. The third-order valence-corrected chi connectivity index (χ3v) is 4.28. The SMILES string of the molecule is CC1(C)CS(=O)(=O)c2cncnc21. The summed E-state index contributed by atoms with van der Waals surface area (Å²) in [6.45, 7) is 3.76. The van der Waals surface area contributed by atoms with Gasteiger partial charge in [-0.1, -0.05) is 13.8 Å². The Kier molecular flexibility index (Phi) is 1.52. The Labute approximate surface area is 77.0 Å². The molecule has 1 aliphatic heterocycles. The molecule has 1 aliphatic rings. The Hall–Kier alpha value is -0.970. The first kappa shape index (κ1) is 8.62. The Morgan fingerprint density at radius 2 is 2.15 bits per heavy atom. The molecule has 0 atom stereocenters. The van der Waals surface area contributed by atoms with E-state index in [1.165, 1.54) is 12.5 Å². The van der Waals surface area contributed by atoms with Gasteiger partial charge in [0, 0.05) is 11.6 Å². The Bertz CT molecular complexity index is 451. The third-order valence-electron chi connectivity index (χ3n) is 2.21. The van der Waals surface area contributed by atoms with Crippen molar-refractivity contribution in [2.75, 3.05) is 5.75 Å². The van der Waals surface area contributed by atoms with Gasteiger partial charge < -0.3 is 0 Å². The van der Waals surface area contributed by atoms with Gasteiger partial charge in [-0.3, -0.25) is 0 Å². The molecule has 13 heavy (non-hydrogen) atoms. The fourth-order valence-electron chi connectivity index (χ4n) is 1.67. The molecule has 0 fully saturated rings. The molecule has 0 amide bonds. The minimum atomic E-state index is -3.14. The molecule has 0 spiro atoms. The van der Waals surface area contributed by atoms with Crippen LogP contribution in [0, 0.1) is 0 Å². The molecule has 0 radical (unpaired) electrons. The largest absolute Gasteiger partial charge is 0.243 e. The van der Waals surface area contributed by atoms with Gasteiger partial charge in [0.1, 0.15) is 11.2 Å². The molecule has 5 heteroatoms. The van der Waals surface area contributed by atoms with Gasteiger partial charge in [-0.2, -0.15) is 0 Å².